The zero-order valence-corrected chi connectivity index (χ0v) is 12.8. The normalized spacial score (nSPS) is 19.9. The molecule has 1 N–H and O–H groups in total. The molecule has 1 heterocycles. The van der Waals surface area contributed by atoms with Crippen LogP contribution in [0, 0.1) is 12.3 Å². The highest BCUT2D eigenvalue weighted by Crippen LogP contribution is 2.41. The van der Waals surface area contributed by atoms with Crippen molar-refractivity contribution in [2.45, 2.75) is 39.7 Å². The molecule has 3 rings (SSSR count). The fourth-order valence-electron chi connectivity index (χ4n) is 3.05. The minimum Gasteiger partial charge on any atom is -0.469 e. The molecule has 3 nitrogen and oxygen atoms in total. The lowest BCUT2D eigenvalue weighted by molar-refractivity contribution is 0.0917. The van der Waals surface area contributed by atoms with Crippen molar-refractivity contribution in [2.75, 3.05) is 0 Å². The van der Waals surface area contributed by atoms with E-state index in [2.05, 4.69) is 19.2 Å². The fourth-order valence-corrected chi connectivity index (χ4v) is 3.05. The molecule has 1 aromatic heterocycles. The van der Waals surface area contributed by atoms with Crippen LogP contribution < -0.4 is 5.32 Å². The van der Waals surface area contributed by atoms with Gasteiger partial charge < -0.3 is 9.73 Å². The van der Waals surface area contributed by atoms with Crippen LogP contribution in [0.1, 0.15) is 53.6 Å². The van der Waals surface area contributed by atoms with Crippen LogP contribution in [0.25, 0.3) is 0 Å². The third-order valence-electron chi connectivity index (χ3n) is 4.17. The summed E-state index contributed by atoms with van der Waals surface area (Å²) < 4.78 is 5.57. The molecule has 1 amide bonds. The molecule has 1 aliphatic rings. The van der Waals surface area contributed by atoms with Crippen molar-refractivity contribution in [2.24, 2.45) is 5.41 Å². The van der Waals surface area contributed by atoms with Crippen LogP contribution in [0.15, 0.2) is 41.0 Å². The lowest BCUT2D eigenvalue weighted by atomic mass is 9.74. The van der Waals surface area contributed by atoms with Crippen molar-refractivity contribution >= 4 is 5.91 Å². The average Bonchev–Trinajstić information content (AvgIpc) is 2.86. The number of aryl methyl sites for hydroxylation is 1. The number of furan rings is 1. The highest BCUT2D eigenvalue weighted by Gasteiger charge is 2.35. The molecule has 1 aliphatic carbocycles. The molecule has 0 spiro atoms. The summed E-state index contributed by atoms with van der Waals surface area (Å²) in [6.45, 7) is 6.44. The third-order valence-corrected chi connectivity index (χ3v) is 4.17. The van der Waals surface area contributed by atoms with Crippen LogP contribution in [0.5, 0.6) is 0 Å². The number of benzene rings is 1. The van der Waals surface area contributed by atoms with E-state index in [0.29, 0.717) is 5.56 Å². The lowest BCUT2D eigenvalue weighted by Crippen LogP contribution is -2.36. The summed E-state index contributed by atoms with van der Waals surface area (Å²) in [5, 5.41) is 3.15. The Morgan fingerprint density at radius 1 is 1.24 bits per heavy atom. The predicted octanol–water partition coefficient (Wildman–Crippen LogP) is 4.03. The molecule has 0 fully saturated rings. The molecule has 2 aromatic rings. The van der Waals surface area contributed by atoms with Crippen molar-refractivity contribution in [1.29, 1.82) is 0 Å². The summed E-state index contributed by atoms with van der Waals surface area (Å²) in [5.74, 6) is 0.977. The fraction of sp³-hybridized carbons (Fsp3) is 0.389. The first-order valence-electron chi connectivity index (χ1n) is 7.38. The van der Waals surface area contributed by atoms with Crippen molar-refractivity contribution in [3.05, 3.63) is 59.0 Å². The summed E-state index contributed by atoms with van der Waals surface area (Å²) in [4.78, 5) is 12.4. The van der Waals surface area contributed by atoms with Gasteiger partial charge in [-0.25, -0.2) is 0 Å². The molecular formula is C18H21NO2. The van der Waals surface area contributed by atoms with Crippen LogP contribution >= 0.6 is 0 Å². The standard InChI is InChI=1S/C18H21NO2/c1-12-4-6-13(7-5-12)17(20)19-15-10-18(2,3)11-16-14(15)8-9-21-16/h4-9,15H,10-11H2,1-3H3,(H,19,20). The summed E-state index contributed by atoms with van der Waals surface area (Å²) in [6, 6.07) is 9.66. The molecule has 0 aliphatic heterocycles. The first-order valence-corrected chi connectivity index (χ1v) is 7.38. The summed E-state index contributed by atoms with van der Waals surface area (Å²) in [5.41, 5.74) is 3.11. The zero-order valence-electron chi connectivity index (χ0n) is 12.8. The van der Waals surface area contributed by atoms with Gasteiger partial charge in [-0.3, -0.25) is 4.79 Å². The summed E-state index contributed by atoms with van der Waals surface area (Å²) >= 11 is 0. The topological polar surface area (TPSA) is 42.2 Å². The number of hydrogen-bond donors (Lipinski definition) is 1. The van der Waals surface area contributed by atoms with Crippen molar-refractivity contribution < 1.29 is 9.21 Å². The van der Waals surface area contributed by atoms with Gasteiger partial charge in [-0.05, 0) is 37.0 Å². The van der Waals surface area contributed by atoms with Gasteiger partial charge >= 0.3 is 0 Å². The van der Waals surface area contributed by atoms with Crippen LogP contribution in [0.4, 0.5) is 0 Å². The largest absolute Gasteiger partial charge is 0.469 e. The SMILES string of the molecule is Cc1ccc(C(=O)NC2CC(C)(C)Cc3occc32)cc1. The highest BCUT2D eigenvalue weighted by atomic mass is 16.3. The predicted molar refractivity (Wildman–Crippen MR) is 82.2 cm³/mol. The smallest absolute Gasteiger partial charge is 0.251 e. The molecule has 1 unspecified atom stereocenters. The molecule has 0 bridgehead atoms. The Kier molecular flexibility index (Phi) is 3.36. The summed E-state index contributed by atoms with van der Waals surface area (Å²) in [6.07, 6.45) is 3.57. The van der Waals surface area contributed by atoms with E-state index >= 15 is 0 Å². The Balaban J connectivity index is 1.82. The van der Waals surface area contributed by atoms with E-state index in [1.54, 1.807) is 6.26 Å². The minimum absolute atomic E-state index is 0.0233. The Morgan fingerprint density at radius 3 is 2.67 bits per heavy atom. The van der Waals surface area contributed by atoms with Gasteiger partial charge in [0.05, 0.1) is 12.3 Å². The molecule has 1 atom stereocenters. The Morgan fingerprint density at radius 2 is 1.95 bits per heavy atom. The number of amides is 1. The monoisotopic (exact) mass is 283 g/mol. The van der Waals surface area contributed by atoms with E-state index in [-0.39, 0.29) is 17.4 Å². The first kappa shape index (κ1) is 13.9. The van der Waals surface area contributed by atoms with Gasteiger partial charge in [0.15, 0.2) is 0 Å². The number of carbonyl (C=O) groups excluding carboxylic acids is 1. The third kappa shape index (κ3) is 2.87. The Bertz CT molecular complexity index is 652. The van der Waals surface area contributed by atoms with E-state index in [0.717, 1.165) is 29.7 Å². The van der Waals surface area contributed by atoms with Crippen molar-refractivity contribution in [3.63, 3.8) is 0 Å². The van der Waals surface area contributed by atoms with Crippen molar-refractivity contribution in [3.8, 4) is 0 Å². The number of rotatable bonds is 2. The van der Waals surface area contributed by atoms with Crippen LogP contribution in [-0.4, -0.2) is 5.91 Å². The molecule has 0 radical (unpaired) electrons. The molecule has 0 saturated carbocycles. The van der Waals surface area contributed by atoms with Gasteiger partial charge in [0.2, 0.25) is 0 Å². The van der Waals surface area contributed by atoms with Gasteiger partial charge in [-0.1, -0.05) is 31.5 Å². The maximum atomic E-state index is 12.4. The molecular weight excluding hydrogens is 262 g/mol. The highest BCUT2D eigenvalue weighted by molar-refractivity contribution is 5.94. The van der Waals surface area contributed by atoms with Gasteiger partial charge in [0, 0.05) is 17.5 Å². The van der Waals surface area contributed by atoms with Crippen LogP contribution in [0.3, 0.4) is 0 Å². The second-order valence-corrected chi connectivity index (χ2v) is 6.74. The summed E-state index contributed by atoms with van der Waals surface area (Å²) in [7, 11) is 0. The van der Waals surface area contributed by atoms with E-state index in [1.165, 1.54) is 0 Å². The maximum absolute atomic E-state index is 12.4. The van der Waals surface area contributed by atoms with Gasteiger partial charge in [0.25, 0.3) is 5.91 Å². The Labute approximate surface area is 125 Å². The molecule has 3 heteroatoms. The molecule has 1 aromatic carbocycles. The lowest BCUT2D eigenvalue weighted by Gasteiger charge is -2.34. The number of carbonyl (C=O) groups is 1. The number of nitrogens with one attached hydrogen (secondary N) is 1. The van der Waals surface area contributed by atoms with Gasteiger partial charge in [-0.2, -0.15) is 0 Å². The minimum atomic E-state index is -0.0233. The van der Waals surface area contributed by atoms with Crippen LogP contribution in [-0.2, 0) is 6.42 Å². The first-order chi connectivity index (χ1) is 9.94. The average molecular weight is 283 g/mol. The van der Waals surface area contributed by atoms with Crippen LogP contribution in [0.2, 0.25) is 0 Å². The van der Waals surface area contributed by atoms with Gasteiger partial charge in [0.1, 0.15) is 5.76 Å². The number of hydrogen-bond acceptors (Lipinski definition) is 2. The van der Waals surface area contributed by atoms with E-state index in [1.807, 2.05) is 37.3 Å². The van der Waals surface area contributed by atoms with E-state index in [4.69, 9.17) is 4.42 Å². The Hall–Kier alpha value is -2.03. The maximum Gasteiger partial charge on any atom is 0.251 e. The van der Waals surface area contributed by atoms with E-state index in [9.17, 15) is 4.79 Å². The van der Waals surface area contributed by atoms with E-state index < -0.39 is 0 Å². The van der Waals surface area contributed by atoms with Crippen molar-refractivity contribution in [1.82, 2.24) is 5.32 Å². The second-order valence-electron chi connectivity index (χ2n) is 6.74. The number of fused-ring (bicyclic) bond motifs is 1. The molecule has 110 valence electrons. The zero-order chi connectivity index (χ0) is 15.0. The molecule has 21 heavy (non-hydrogen) atoms. The quantitative estimate of drug-likeness (QED) is 0.904. The molecule has 0 saturated heterocycles. The second kappa shape index (κ2) is 5.06. The van der Waals surface area contributed by atoms with Gasteiger partial charge in [-0.15, -0.1) is 0 Å².